The Morgan fingerprint density at radius 2 is 1.95 bits per heavy atom. The highest BCUT2D eigenvalue weighted by Gasteiger charge is 2.30. The van der Waals surface area contributed by atoms with Gasteiger partial charge in [-0.3, -0.25) is 9.78 Å². The van der Waals surface area contributed by atoms with Crippen LogP contribution in [0.3, 0.4) is 0 Å². The highest BCUT2D eigenvalue weighted by atomic mass is 19.2. The molecular weight excluding hydrogens is 262 g/mol. The largest absolute Gasteiger partial charge is 0.323 e. The molecule has 20 heavy (non-hydrogen) atoms. The van der Waals surface area contributed by atoms with E-state index in [1.165, 1.54) is 12.1 Å². The first-order valence-electron chi connectivity index (χ1n) is 6.09. The fourth-order valence-corrected chi connectivity index (χ4v) is 1.74. The Morgan fingerprint density at radius 3 is 2.60 bits per heavy atom. The third-order valence-corrected chi connectivity index (χ3v) is 3.15. The van der Waals surface area contributed by atoms with Crippen LogP contribution in [0.2, 0.25) is 0 Å². The summed E-state index contributed by atoms with van der Waals surface area (Å²) in [5, 5.41) is 2.41. The number of hydrogen-bond donors (Lipinski definition) is 1. The summed E-state index contributed by atoms with van der Waals surface area (Å²) in [6.07, 6.45) is 3.17. The molecule has 0 saturated carbocycles. The predicted molar refractivity (Wildman–Crippen MR) is 72.3 cm³/mol. The third kappa shape index (κ3) is 2.66. The molecule has 0 spiro atoms. The van der Waals surface area contributed by atoms with Gasteiger partial charge in [-0.15, -0.1) is 0 Å². The summed E-state index contributed by atoms with van der Waals surface area (Å²) in [5.74, 6) is -2.50. The number of benzene rings is 1. The van der Waals surface area contributed by atoms with E-state index >= 15 is 0 Å². The molecule has 1 N–H and O–H groups in total. The second kappa shape index (κ2) is 5.36. The van der Waals surface area contributed by atoms with Crippen molar-refractivity contribution in [2.75, 3.05) is 5.32 Å². The van der Waals surface area contributed by atoms with Crippen molar-refractivity contribution in [3.63, 3.8) is 0 Å². The number of anilines is 1. The number of nitrogens with one attached hydrogen (secondary N) is 1. The van der Waals surface area contributed by atoms with Crippen molar-refractivity contribution in [1.82, 2.24) is 4.98 Å². The summed E-state index contributed by atoms with van der Waals surface area (Å²) >= 11 is 0. The Bertz CT molecular complexity index is 627. The first-order valence-corrected chi connectivity index (χ1v) is 6.09. The van der Waals surface area contributed by atoms with E-state index in [1.807, 2.05) is 0 Å². The Morgan fingerprint density at radius 1 is 1.20 bits per heavy atom. The number of hydrogen-bond acceptors (Lipinski definition) is 2. The van der Waals surface area contributed by atoms with Crippen LogP contribution in [0.15, 0.2) is 42.7 Å². The number of pyridine rings is 1. The van der Waals surface area contributed by atoms with Crippen LogP contribution >= 0.6 is 0 Å². The summed E-state index contributed by atoms with van der Waals surface area (Å²) in [4.78, 5) is 16.2. The molecule has 3 nitrogen and oxygen atoms in total. The summed E-state index contributed by atoms with van der Waals surface area (Å²) in [7, 11) is 0. The molecule has 0 radical (unpaired) electrons. The van der Waals surface area contributed by atoms with Crippen LogP contribution in [-0.4, -0.2) is 10.9 Å². The van der Waals surface area contributed by atoms with Gasteiger partial charge in [-0.05, 0) is 37.6 Å². The summed E-state index contributed by atoms with van der Waals surface area (Å²) < 4.78 is 26.7. The highest BCUT2D eigenvalue weighted by molar-refractivity contribution is 5.98. The molecule has 2 aromatic rings. The zero-order valence-corrected chi connectivity index (χ0v) is 11.2. The van der Waals surface area contributed by atoms with Crippen LogP contribution in [0.4, 0.5) is 14.5 Å². The smallest absolute Gasteiger partial charge is 0.234 e. The maximum atomic E-state index is 13.6. The number of rotatable bonds is 3. The first-order chi connectivity index (χ1) is 9.43. The lowest BCUT2D eigenvalue weighted by molar-refractivity contribution is -0.120. The van der Waals surface area contributed by atoms with Crippen LogP contribution in [0, 0.1) is 11.6 Å². The van der Waals surface area contributed by atoms with Gasteiger partial charge in [0.15, 0.2) is 11.6 Å². The molecule has 0 unspecified atom stereocenters. The molecule has 0 fully saturated rings. The Balaban J connectivity index is 2.26. The Kier molecular flexibility index (Phi) is 3.79. The van der Waals surface area contributed by atoms with E-state index in [1.54, 1.807) is 38.4 Å². The maximum absolute atomic E-state index is 13.6. The average molecular weight is 276 g/mol. The molecule has 2 rings (SSSR count). The molecule has 1 aromatic carbocycles. The van der Waals surface area contributed by atoms with Crippen molar-refractivity contribution >= 4 is 11.6 Å². The molecule has 0 aliphatic carbocycles. The first kappa shape index (κ1) is 14.1. The van der Waals surface area contributed by atoms with Gasteiger partial charge < -0.3 is 5.32 Å². The second-order valence-electron chi connectivity index (χ2n) is 4.92. The molecule has 104 valence electrons. The molecule has 0 saturated heterocycles. The van der Waals surface area contributed by atoms with E-state index in [-0.39, 0.29) is 5.69 Å². The highest BCUT2D eigenvalue weighted by Crippen LogP contribution is 2.25. The number of aromatic nitrogens is 1. The van der Waals surface area contributed by atoms with Gasteiger partial charge in [-0.1, -0.05) is 12.1 Å². The van der Waals surface area contributed by atoms with Gasteiger partial charge in [0.25, 0.3) is 0 Å². The van der Waals surface area contributed by atoms with Crippen LogP contribution < -0.4 is 5.32 Å². The minimum Gasteiger partial charge on any atom is -0.323 e. The van der Waals surface area contributed by atoms with E-state index in [9.17, 15) is 13.6 Å². The number of carbonyl (C=O) groups excluding carboxylic acids is 1. The van der Waals surface area contributed by atoms with Gasteiger partial charge in [0.05, 0.1) is 11.1 Å². The predicted octanol–water partition coefficient (Wildman–Crippen LogP) is 3.28. The molecule has 0 aliphatic rings. The second-order valence-corrected chi connectivity index (χ2v) is 4.92. The molecular formula is C15H14F2N2O. The third-order valence-electron chi connectivity index (χ3n) is 3.15. The molecule has 1 amide bonds. The Labute approximate surface area is 115 Å². The zero-order valence-electron chi connectivity index (χ0n) is 11.2. The van der Waals surface area contributed by atoms with E-state index < -0.39 is 23.0 Å². The Hall–Kier alpha value is -2.30. The fourth-order valence-electron chi connectivity index (χ4n) is 1.74. The molecule has 0 atom stereocenters. The normalized spacial score (nSPS) is 11.2. The van der Waals surface area contributed by atoms with E-state index in [4.69, 9.17) is 0 Å². The van der Waals surface area contributed by atoms with Crippen molar-refractivity contribution < 1.29 is 13.6 Å². The van der Waals surface area contributed by atoms with E-state index in [2.05, 4.69) is 10.3 Å². The van der Waals surface area contributed by atoms with Gasteiger partial charge in [-0.2, -0.15) is 0 Å². The van der Waals surface area contributed by atoms with Gasteiger partial charge in [0, 0.05) is 12.4 Å². The maximum Gasteiger partial charge on any atom is 0.234 e. The zero-order chi connectivity index (χ0) is 14.8. The summed E-state index contributed by atoms with van der Waals surface area (Å²) in [5.41, 5.74) is -0.395. The minimum absolute atomic E-state index is 0.174. The molecule has 1 heterocycles. The standard InChI is InChI=1S/C15H14F2N2O/c1-15(2,10-5-4-8-18-9-10)14(20)19-12-7-3-6-11(16)13(12)17/h3-9H,1-2H3,(H,19,20). The van der Waals surface area contributed by atoms with Crippen molar-refractivity contribution in [2.24, 2.45) is 0 Å². The van der Waals surface area contributed by atoms with Crippen molar-refractivity contribution in [2.45, 2.75) is 19.3 Å². The van der Waals surface area contributed by atoms with Crippen LogP contribution in [0.1, 0.15) is 19.4 Å². The topological polar surface area (TPSA) is 42.0 Å². The van der Waals surface area contributed by atoms with Gasteiger partial charge in [-0.25, -0.2) is 8.78 Å². The van der Waals surface area contributed by atoms with Crippen LogP contribution in [0.5, 0.6) is 0 Å². The molecule has 0 aliphatic heterocycles. The summed E-state index contributed by atoms with van der Waals surface area (Å²) in [6.45, 7) is 3.38. The fraction of sp³-hybridized carbons (Fsp3) is 0.200. The SMILES string of the molecule is CC(C)(C(=O)Nc1cccc(F)c1F)c1cccnc1. The number of amides is 1. The number of nitrogens with zero attached hydrogens (tertiary/aromatic N) is 1. The summed E-state index contributed by atoms with van der Waals surface area (Å²) in [6, 6.07) is 7.12. The van der Waals surface area contributed by atoms with Gasteiger partial charge >= 0.3 is 0 Å². The van der Waals surface area contributed by atoms with Gasteiger partial charge in [0.1, 0.15) is 0 Å². The quantitative estimate of drug-likeness (QED) is 0.934. The monoisotopic (exact) mass is 276 g/mol. The lowest BCUT2D eigenvalue weighted by Crippen LogP contribution is -2.35. The van der Waals surface area contributed by atoms with Gasteiger partial charge in [0.2, 0.25) is 5.91 Å². The number of carbonyl (C=O) groups is 1. The van der Waals surface area contributed by atoms with Crippen LogP contribution in [0.25, 0.3) is 0 Å². The molecule has 5 heteroatoms. The van der Waals surface area contributed by atoms with Crippen molar-refractivity contribution in [3.8, 4) is 0 Å². The minimum atomic E-state index is -1.07. The van der Waals surface area contributed by atoms with Crippen molar-refractivity contribution in [1.29, 1.82) is 0 Å². The lowest BCUT2D eigenvalue weighted by atomic mass is 9.84. The van der Waals surface area contributed by atoms with E-state index in [0.717, 1.165) is 6.07 Å². The molecule has 0 bridgehead atoms. The van der Waals surface area contributed by atoms with Crippen molar-refractivity contribution in [3.05, 3.63) is 59.9 Å². The lowest BCUT2D eigenvalue weighted by Gasteiger charge is -2.23. The van der Waals surface area contributed by atoms with E-state index in [0.29, 0.717) is 5.56 Å². The van der Waals surface area contributed by atoms with Crippen LogP contribution in [-0.2, 0) is 10.2 Å². The average Bonchev–Trinajstić information content (AvgIpc) is 2.44. The molecule has 1 aromatic heterocycles. The number of halogens is 2.